The van der Waals surface area contributed by atoms with Crippen molar-refractivity contribution in [3.63, 3.8) is 0 Å². The second-order valence-electron chi connectivity index (χ2n) is 5.10. The van der Waals surface area contributed by atoms with Gasteiger partial charge >= 0.3 is 0 Å². The highest BCUT2D eigenvalue weighted by Crippen LogP contribution is 2.23. The second kappa shape index (κ2) is 5.98. The SMILES string of the molecule is CCCc1cccc(C(N)c2ccc(C)nc2C)c1. The van der Waals surface area contributed by atoms with Gasteiger partial charge in [-0.25, -0.2) is 0 Å². The summed E-state index contributed by atoms with van der Waals surface area (Å²) in [5.41, 5.74) is 12.1. The van der Waals surface area contributed by atoms with Crippen LogP contribution in [0.15, 0.2) is 36.4 Å². The summed E-state index contributed by atoms with van der Waals surface area (Å²) in [5, 5.41) is 0. The second-order valence-corrected chi connectivity index (χ2v) is 5.10. The highest BCUT2D eigenvalue weighted by molar-refractivity contribution is 5.36. The van der Waals surface area contributed by atoms with Gasteiger partial charge in [0.2, 0.25) is 0 Å². The lowest BCUT2D eigenvalue weighted by molar-refractivity contribution is 0.836. The zero-order valence-electron chi connectivity index (χ0n) is 12.0. The van der Waals surface area contributed by atoms with Crippen molar-refractivity contribution in [1.29, 1.82) is 0 Å². The molecule has 2 aromatic rings. The number of pyridine rings is 1. The first-order valence-electron chi connectivity index (χ1n) is 6.90. The quantitative estimate of drug-likeness (QED) is 0.903. The Morgan fingerprint density at radius 1 is 1.16 bits per heavy atom. The van der Waals surface area contributed by atoms with Gasteiger partial charge in [0.1, 0.15) is 0 Å². The number of nitrogens with zero attached hydrogens (tertiary/aromatic N) is 1. The fraction of sp³-hybridized carbons (Fsp3) is 0.353. The minimum atomic E-state index is -0.0927. The van der Waals surface area contributed by atoms with Crippen molar-refractivity contribution in [2.45, 2.75) is 39.7 Å². The van der Waals surface area contributed by atoms with Crippen molar-refractivity contribution < 1.29 is 0 Å². The van der Waals surface area contributed by atoms with Crippen LogP contribution in [-0.2, 0) is 6.42 Å². The van der Waals surface area contributed by atoms with E-state index in [0.29, 0.717) is 0 Å². The molecular formula is C17H22N2. The average Bonchev–Trinajstić information content (AvgIpc) is 2.39. The first kappa shape index (κ1) is 13.8. The Hall–Kier alpha value is -1.67. The summed E-state index contributed by atoms with van der Waals surface area (Å²) in [6.45, 7) is 6.23. The topological polar surface area (TPSA) is 38.9 Å². The Bertz CT molecular complexity index is 561. The van der Waals surface area contributed by atoms with Crippen molar-refractivity contribution in [2.24, 2.45) is 5.73 Å². The largest absolute Gasteiger partial charge is 0.320 e. The Balaban J connectivity index is 2.32. The van der Waals surface area contributed by atoms with Crippen LogP contribution in [0, 0.1) is 13.8 Å². The van der Waals surface area contributed by atoms with Crippen LogP contribution in [0.5, 0.6) is 0 Å². The minimum absolute atomic E-state index is 0.0927. The molecule has 0 saturated carbocycles. The van der Waals surface area contributed by atoms with Gasteiger partial charge in [-0.3, -0.25) is 4.98 Å². The van der Waals surface area contributed by atoms with Crippen LogP contribution in [0.3, 0.4) is 0 Å². The predicted molar refractivity (Wildman–Crippen MR) is 80.2 cm³/mol. The molecule has 2 nitrogen and oxygen atoms in total. The number of benzene rings is 1. The molecular weight excluding hydrogens is 232 g/mol. The van der Waals surface area contributed by atoms with Gasteiger partial charge in [0, 0.05) is 11.4 Å². The molecule has 0 aliphatic rings. The molecule has 0 bridgehead atoms. The molecule has 19 heavy (non-hydrogen) atoms. The molecule has 1 heterocycles. The first-order valence-corrected chi connectivity index (χ1v) is 6.90. The summed E-state index contributed by atoms with van der Waals surface area (Å²) < 4.78 is 0. The lowest BCUT2D eigenvalue weighted by Gasteiger charge is -2.16. The van der Waals surface area contributed by atoms with E-state index in [-0.39, 0.29) is 6.04 Å². The number of rotatable bonds is 4. The zero-order valence-corrected chi connectivity index (χ0v) is 12.0. The maximum absolute atomic E-state index is 6.39. The van der Waals surface area contributed by atoms with E-state index in [4.69, 9.17) is 5.73 Å². The average molecular weight is 254 g/mol. The summed E-state index contributed by atoms with van der Waals surface area (Å²) in [6, 6.07) is 12.6. The van der Waals surface area contributed by atoms with Crippen LogP contribution < -0.4 is 5.73 Å². The Labute approximate surface area is 115 Å². The molecule has 0 spiro atoms. The third-order valence-electron chi connectivity index (χ3n) is 3.45. The molecule has 1 aromatic carbocycles. The Morgan fingerprint density at radius 3 is 2.63 bits per heavy atom. The number of aromatic nitrogens is 1. The molecule has 0 aliphatic carbocycles. The van der Waals surface area contributed by atoms with Crippen LogP contribution in [-0.4, -0.2) is 4.98 Å². The molecule has 1 unspecified atom stereocenters. The number of hydrogen-bond acceptors (Lipinski definition) is 2. The Morgan fingerprint density at radius 2 is 1.95 bits per heavy atom. The third kappa shape index (κ3) is 3.21. The number of hydrogen-bond donors (Lipinski definition) is 1. The van der Waals surface area contributed by atoms with Crippen molar-refractivity contribution in [3.8, 4) is 0 Å². The molecule has 0 amide bonds. The molecule has 0 radical (unpaired) electrons. The van der Waals surface area contributed by atoms with E-state index in [9.17, 15) is 0 Å². The summed E-state index contributed by atoms with van der Waals surface area (Å²) in [5.74, 6) is 0. The van der Waals surface area contributed by atoms with E-state index < -0.39 is 0 Å². The predicted octanol–water partition coefficient (Wildman–Crippen LogP) is 3.70. The molecule has 100 valence electrons. The Kier molecular flexibility index (Phi) is 4.33. The van der Waals surface area contributed by atoms with Crippen LogP contribution in [0.1, 0.15) is 47.5 Å². The van der Waals surface area contributed by atoms with Gasteiger partial charge in [-0.05, 0) is 43.0 Å². The van der Waals surface area contributed by atoms with Gasteiger partial charge in [0.15, 0.2) is 0 Å². The monoisotopic (exact) mass is 254 g/mol. The van der Waals surface area contributed by atoms with Crippen LogP contribution >= 0.6 is 0 Å². The smallest absolute Gasteiger partial charge is 0.0569 e. The summed E-state index contributed by atoms with van der Waals surface area (Å²) in [6.07, 6.45) is 2.26. The van der Waals surface area contributed by atoms with E-state index in [1.807, 2.05) is 19.9 Å². The molecule has 2 heteroatoms. The fourth-order valence-electron chi connectivity index (χ4n) is 2.44. The molecule has 0 aliphatic heterocycles. The highest BCUT2D eigenvalue weighted by Gasteiger charge is 2.12. The first-order chi connectivity index (χ1) is 9.11. The standard InChI is InChI=1S/C17H22N2/c1-4-6-14-7-5-8-15(11-14)17(18)16-10-9-12(2)19-13(16)3/h5,7-11,17H,4,6,18H2,1-3H3. The fourth-order valence-corrected chi connectivity index (χ4v) is 2.44. The lowest BCUT2D eigenvalue weighted by atomic mass is 9.96. The van der Waals surface area contributed by atoms with Gasteiger partial charge in [-0.15, -0.1) is 0 Å². The van der Waals surface area contributed by atoms with Crippen molar-refractivity contribution >= 4 is 0 Å². The van der Waals surface area contributed by atoms with Gasteiger partial charge in [-0.2, -0.15) is 0 Å². The molecule has 0 fully saturated rings. The lowest BCUT2D eigenvalue weighted by Crippen LogP contribution is -2.14. The normalized spacial score (nSPS) is 12.4. The van der Waals surface area contributed by atoms with E-state index in [2.05, 4.69) is 42.2 Å². The van der Waals surface area contributed by atoms with E-state index >= 15 is 0 Å². The summed E-state index contributed by atoms with van der Waals surface area (Å²) >= 11 is 0. The van der Waals surface area contributed by atoms with Gasteiger partial charge in [0.25, 0.3) is 0 Å². The molecule has 1 aromatic heterocycles. The molecule has 1 atom stereocenters. The molecule has 2 rings (SSSR count). The van der Waals surface area contributed by atoms with Gasteiger partial charge in [-0.1, -0.05) is 43.7 Å². The van der Waals surface area contributed by atoms with E-state index in [1.165, 1.54) is 11.1 Å². The summed E-state index contributed by atoms with van der Waals surface area (Å²) in [7, 11) is 0. The molecule has 0 saturated heterocycles. The zero-order chi connectivity index (χ0) is 13.8. The van der Waals surface area contributed by atoms with Crippen molar-refractivity contribution in [1.82, 2.24) is 4.98 Å². The maximum atomic E-state index is 6.39. The number of nitrogens with two attached hydrogens (primary N) is 1. The molecule has 2 N–H and O–H groups in total. The third-order valence-corrected chi connectivity index (χ3v) is 3.45. The summed E-state index contributed by atoms with van der Waals surface area (Å²) in [4.78, 5) is 4.50. The maximum Gasteiger partial charge on any atom is 0.0569 e. The minimum Gasteiger partial charge on any atom is -0.320 e. The van der Waals surface area contributed by atoms with Crippen LogP contribution in [0.2, 0.25) is 0 Å². The highest BCUT2D eigenvalue weighted by atomic mass is 14.7. The van der Waals surface area contributed by atoms with Gasteiger partial charge < -0.3 is 5.73 Å². The van der Waals surface area contributed by atoms with Crippen LogP contribution in [0.4, 0.5) is 0 Å². The van der Waals surface area contributed by atoms with E-state index in [0.717, 1.165) is 29.8 Å². The van der Waals surface area contributed by atoms with Crippen molar-refractivity contribution in [3.05, 3.63) is 64.5 Å². The number of aryl methyl sites for hydroxylation is 3. The van der Waals surface area contributed by atoms with E-state index in [1.54, 1.807) is 0 Å². The van der Waals surface area contributed by atoms with Crippen molar-refractivity contribution in [2.75, 3.05) is 0 Å². The van der Waals surface area contributed by atoms with Crippen LogP contribution in [0.25, 0.3) is 0 Å². The van der Waals surface area contributed by atoms with Gasteiger partial charge in [0.05, 0.1) is 6.04 Å².